The highest BCUT2D eigenvalue weighted by Crippen LogP contribution is 2.50. The first-order chi connectivity index (χ1) is 15.2. The van der Waals surface area contributed by atoms with Crippen LogP contribution in [0.1, 0.15) is 66.1 Å². The third-order valence-corrected chi connectivity index (χ3v) is 7.07. The molecule has 1 aromatic carbocycles. The van der Waals surface area contributed by atoms with Crippen molar-refractivity contribution < 1.29 is 23.5 Å². The molecular formula is C26H43NO5Si. The van der Waals surface area contributed by atoms with Crippen LogP contribution in [0.2, 0.25) is 13.1 Å². The summed E-state index contributed by atoms with van der Waals surface area (Å²) < 4.78 is 17.4. The molecule has 7 heteroatoms. The molecule has 0 bridgehead atoms. The highest BCUT2D eigenvalue weighted by atomic mass is 28.3. The predicted molar refractivity (Wildman–Crippen MR) is 133 cm³/mol. The van der Waals surface area contributed by atoms with Crippen molar-refractivity contribution in [2.45, 2.75) is 85.2 Å². The Morgan fingerprint density at radius 1 is 1.03 bits per heavy atom. The molecule has 0 aromatic heterocycles. The van der Waals surface area contributed by atoms with Crippen LogP contribution in [0.3, 0.4) is 0 Å². The Balaban J connectivity index is 2.56. The number of hydrogen-bond donors (Lipinski definition) is 1. The summed E-state index contributed by atoms with van der Waals surface area (Å²) in [5, 5.41) is 3.19. The normalized spacial score (nSPS) is 21.5. The van der Waals surface area contributed by atoms with Gasteiger partial charge in [0.15, 0.2) is 9.04 Å². The summed E-state index contributed by atoms with van der Waals surface area (Å²) in [4.78, 5) is 25.6. The number of methoxy groups -OCH3 is 1. The number of carbonyl (C=O) groups excluding carboxylic acids is 2. The van der Waals surface area contributed by atoms with Crippen molar-refractivity contribution in [3.05, 3.63) is 35.9 Å². The molecule has 2 rings (SSSR count). The molecule has 0 saturated heterocycles. The first-order valence-corrected chi connectivity index (χ1v) is 14.8. The van der Waals surface area contributed by atoms with E-state index < -0.39 is 20.7 Å². The third kappa shape index (κ3) is 7.57. The molecule has 0 aliphatic heterocycles. The van der Waals surface area contributed by atoms with Crippen molar-refractivity contribution >= 4 is 21.1 Å². The van der Waals surface area contributed by atoms with E-state index in [2.05, 4.69) is 39.2 Å². The average molecular weight is 478 g/mol. The van der Waals surface area contributed by atoms with Gasteiger partial charge in [0.2, 0.25) is 0 Å². The Bertz CT molecular complexity index is 784. The predicted octanol–water partition coefficient (Wildman–Crippen LogP) is 5.48. The number of benzene rings is 1. The Kier molecular flexibility index (Phi) is 9.16. The van der Waals surface area contributed by atoms with Crippen LogP contribution in [0.25, 0.3) is 0 Å². The number of ether oxygens (including phenoxy) is 2. The van der Waals surface area contributed by atoms with Crippen molar-refractivity contribution in [2.24, 2.45) is 23.2 Å². The smallest absolute Gasteiger partial charge is 0.407 e. The second kappa shape index (κ2) is 11.0. The lowest BCUT2D eigenvalue weighted by Gasteiger charge is -2.51. The van der Waals surface area contributed by atoms with Crippen LogP contribution in [0.15, 0.2) is 30.3 Å². The lowest BCUT2D eigenvalue weighted by atomic mass is 9.57. The van der Waals surface area contributed by atoms with Gasteiger partial charge >= 0.3 is 12.1 Å². The van der Waals surface area contributed by atoms with E-state index in [-0.39, 0.29) is 41.3 Å². The number of rotatable bonds is 8. The minimum Gasteiger partial charge on any atom is -0.469 e. The highest BCUT2D eigenvalue weighted by Gasteiger charge is 2.51. The Labute approximate surface area is 201 Å². The summed E-state index contributed by atoms with van der Waals surface area (Å²) in [7, 11) is -0.0399. The maximum Gasteiger partial charge on any atom is 0.407 e. The molecule has 1 fully saturated rings. The van der Waals surface area contributed by atoms with Crippen LogP contribution < -0.4 is 5.32 Å². The molecule has 186 valence electrons. The van der Waals surface area contributed by atoms with Crippen LogP contribution in [0.5, 0.6) is 0 Å². The Morgan fingerprint density at radius 3 is 2.06 bits per heavy atom. The maximum absolute atomic E-state index is 13.1. The third-order valence-electron chi connectivity index (χ3n) is 6.24. The first-order valence-electron chi connectivity index (χ1n) is 12.0. The summed E-state index contributed by atoms with van der Waals surface area (Å²) in [5.41, 5.74) is 0.196. The Hall–Kier alpha value is -1.86. The van der Waals surface area contributed by atoms with Gasteiger partial charge in [0.1, 0.15) is 5.60 Å². The van der Waals surface area contributed by atoms with E-state index in [4.69, 9.17) is 13.9 Å². The lowest BCUT2D eigenvalue weighted by Crippen LogP contribution is -2.56. The summed E-state index contributed by atoms with van der Waals surface area (Å²) >= 11 is 0. The number of amides is 1. The van der Waals surface area contributed by atoms with Gasteiger partial charge in [-0.1, -0.05) is 51.1 Å². The molecule has 1 aliphatic carbocycles. The van der Waals surface area contributed by atoms with E-state index in [9.17, 15) is 9.59 Å². The largest absolute Gasteiger partial charge is 0.469 e. The minimum absolute atomic E-state index is 0.0270. The summed E-state index contributed by atoms with van der Waals surface area (Å²) in [6.45, 7) is 16.3. The van der Waals surface area contributed by atoms with E-state index in [0.29, 0.717) is 0 Å². The molecular weight excluding hydrogens is 434 g/mol. The highest BCUT2D eigenvalue weighted by molar-refractivity contribution is 6.48. The number of alkyl carbamates (subject to hydrolysis) is 1. The molecule has 5 unspecified atom stereocenters. The van der Waals surface area contributed by atoms with Gasteiger partial charge in [0.25, 0.3) is 0 Å². The van der Waals surface area contributed by atoms with Crippen LogP contribution in [-0.4, -0.2) is 39.9 Å². The molecule has 1 aliphatic rings. The van der Waals surface area contributed by atoms with Crippen LogP contribution in [0.4, 0.5) is 4.79 Å². The summed E-state index contributed by atoms with van der Waals surface area (Å²) in [5.74, 6) is -0.288. The van der Waals surface area contributed by atoms with Crippen LogP contribution in [-0.2, 0) is 18.7 Å². The van der Waals surface area contributed by atoms with E-state index in [1.54, 1.807) is 0 Å². The number of esters is 1. The standard InChI is InChI=1S/C26H43NO5Si/c1-25(2,3)20(18-15-16-19(18)23(28)30-7)21(27-24(29)31-26(4,5)6)22(32-33(8)9)17-13-11-10-12-14-17/h10-14,18-22,33H,15-16H2,1-9H3,(H,27,29). The van der Waals surface area contributed by atoms with E-state index >= 15 is 0 Å². The van der Waals surface area contributed by atoms with E-state index in [1.165, 1.54) is 7.11 Å². The van der Waals surface area contributed by atoms with Gasteiger partial charge in [-0.25, -0.2) is 4.79 Å². The van der Waals surface area contributed by atoms with Crippen molar-refractivity contribution in [2.75, 3.05) is 7.11 Å². The average Bonchev–Trinajstić information content (AvgIpc) is 2.66. The zero-order valence-corrected chi connectivity index (χ0v) is 23.0. The molecule has 1 saturated carbocycles. The molecule has 1 N–H and O–H groups in total. The quantitative estimate of drug-likeness (QED) is 0.396. The van der Waals surface area contributed by atoms with Gasteiger partial charge in [-0.05, 0) is 69.5 Å². The first kappa shape index (κ1) is 27.4. The van der Waals surface area contributed by atoms with Gasteiger partial charge in [0, 0.05) is 0 Å². The zero-order valence-electron chi connectivity index (χ0n) is 21.8. The molecule has 1 amide bonds. The zero-order chi connectivity index (χ0) is 25.0. The summed E-state index contributed by atoms with van der Waals surface area (Å²) in [6, 6.07) is 9.68. The number of carbonyl (C=O) groups is 2. The lowest BCUT2D eigenvalue weighted by molar-refractivity contribution is -0.156. The molecule has 5 atom stereocenters. The van der Waals surface area contributed by atoms with Gasteiger partial charge in [-0.15, -0.1) is 0 Å². The molecule has 0 heterocycles. The van der Waals surface area contributed by atoms with Crippen molar-refractivity contribution in [3.63, 3.8) is 0 Å². The SMILES string of the molecule is COC(=O)C1CCC1C(C(NC(=O)OC(C)(C)C)C(O[SiH](C)C)c1ccccc1)C(C)(C)C. The van der Waals surface area contributed by atoms with Gasteiger partial charge in [-0.3, -0.25) is 4.79 Å². The summed E-state index contributed by atoms with van der Waals surface area (Å²) in [6.07, 6.45) is 0.910. The number of hydrogen-bond acceptors (Lipinski definition) is 5. The molecule has 0 spiro atoms. The van der Waals surface area contributed by atoms with Crippen LogP contribution >= 0.6 is 0 Å². The molecule has 1 aromatic rings. The molecule has 33 heavy (non-hydrogen) atoms. The van der Waals surface area contributed by atoms with Gasteiger partial charge in [0.05, 0.1) is 25.2 Å². The van der Waals surface area contributed by atoms with Crippen molar-refractivity contribution in [1.82, 2.24) is 5.32 Å². The fourth-order valence-corrected chi connectivity index (χ4v) is 5.86. The van der Waals surface area contributed by atoms with E-state index in [0.717, 1.165) is 18.4 Å². The second-order valence-corrected chi connectivity index (χ2v) is 13.8. The van der Waals surface area contributed by atoms with Crippen LogP contribution in [0, 0.1) is 23.2 Å². The fourth-order valence-electron chi connectivity index (χ4n) is 4.95. The molecule has 6 nitrogen and oxygen atoms in total. The van der Waals surface area contributed by atoms with Gasteiger partial charge in [-0.2, -0.15) is 0 Å². The monoisotopic (exact) mass is 477 g/mol. The van der Waals surface area contributed by atoms with Crippen molar-refractivity contribution in [3.8, 4) is 0 Å². The second-order valence-electron chi connectivity index (χ2n) is 11.5. The topological polar surface area (TPSA) is 73.9 Å². The minimum atomic E-state index is -1.48. The Morgan fingerprint density at radius 2 is 1.64 bits per heavy atom. The van der Waals surface area contributed by atoms with Crippen molar-refractivity contribution in [1.29, 1.82) is 0 Å². The fraction of sp³-hybridized carbons (Fsp3) is 0.692. The number of nitrogens with one attached hydrogen (secondary N) is 1. The van der Waals surface area contributed by atoms with Gasteiger partial charge < -0.3 is 19.2 Å². The molecule has 0 radical (unpaired) electrons. The van der Waals surface area contributed by atoms with E-state index in [1.807, 2.05) is 51.1 Å². The maximum atomic E-state index is 13.1.